The van der Waals surface area contributed by atoms with Crippen LogP contribution in [0.5, 0.6) is 0 Å². The lowest BCUT2D eigenvalue weighted by atomic mass is 9.94. The van der Waals surface area contributed by atoms with Crippen molar-refractivity contribution in [3.8, 4) is 0 Å². The van der Waals surface area contributed by atoms with E-state index in [1.54, 1.807) is 24.3 Å². The molecule has 2 aliphatic rings. The standard InChI is InChI=1S/C18H21ClO8S/c19-13-4-2-1-3-11(13)10-28(24,25)16-5-6-18(7-12(16)17(22)23)26-14(8-20)15(9-21)27-18/h1-4,7,14-16,20-21H,5-6,8-10H2,(H,22,23)/t14-,15-,16-/m1/s1. The number of hydrogen-bond donors (Lipinski definition) is 3. The Morgan fingerprint density at radius 3 is 2.32 bits per heavy atom. The Balaban J connectivity index is 1.91. The summed E-state index contributed by atoms with van der Waals surface area (Å²) in [5.41, 5.74) is 0.0387. The van der Waals surface area contributed by atoms with E-state index in [1.807, 2.05) is 0 Å². The Hall–Kier alpha value is -1.49. The summed E-state index contributed by atoms with van der Waals surface area (Å²) in [6.45, 7) is -0.838. The van der Waals surface area contributed by atoms with Gasteiger partial charge in [0.05, 0.1) is 29.8 Å². The van der Waals surface area contributed by atoms with E-state index in [0.29, 0.717) is 10.6 Å². The largest absolute Gasteiger partial charge is 0.478 e. The van der Waals surface area contributed by atoms with E-state index in [1.165, 1.54) is 0 Å². The number of aliphatic hydroxyl groups is 2. The molecule has 1 fully saturated rings. The summed E-state index contributed by atoms with van der Waals surface area (Å²) >= 11 is 6.05. The van der Waals surface area contributed by atoms with Gasteiger partial charge in [-0.3, -0.25) is 0 Å². The Bertz CT molecular complexity index is 869. The fraction of sp³-hybridized carbons (Fsp3) is 0.500. The van der Waals surface area contributed by atoms with Gasteiger partial charge in [-0.15, -0.1) is 0 Å². The zero-order valence-electron chi connectivity index (χ0n) is 14.8. The number of carboxylic acids is 1. The normalized spacial score (nSPS) is 27.0. The third-order valence-electron chi connectivity index (χ3n) is 4.95. The van der Waals surface area contributed by atoms with Crippen molar-refractivity contribution < 1.29 is 38.0 Å². The number of hydrogen-bond acceptors (Lipinski definition) is 7. The van der Waals surface area contributed by atoms with Crippen LogP contribution in [0.1, 0.15) is 18.4 Å². The van der Waals surface area contributed by atoms with Crippen molar-refractivity contribution in [2.24, 2.45) is 0 Å². The van der Waals surface area contributed by atoms with Crippen LogP contribution >= 0.6 is 11.6 Å². The van der Waals surface area contributed by atoms with Gasteiger partial charge in [0.25, 0.3) is 0 Å². The van der Waals surface area contributed by atoms with Crippen molar-refractivity contribution in [2.75, 3.05) is 13.2 Å². The second-order valence-corrected chi connectivity index (χ2v) is 9.41. The van der Waals surface area contributed by atoms with Crippen molar-refractivity contribution in [2.45, 2.75) is 41.8 Å². The van der Waals surface area contributed by atoms with E-state index in [9.17, 15) is 28.5 Å². The van der Waals surface area contributed by atoms with Gasteiger partial charge in [0, 0.05) is 11.4 Å². The smallest absolute Gasteiger partial charge is 0.332 e. The summed E-state index contributed by atoms with van der Waals surface area (Å²) in [5, 5.41) is 27.4. The van der Waals surface area contributed by atoms with Crippen LogP contribution in [-0.4, -0.2) is 66.2 Å². The lowest BCUT2D eigenvalue weighted by Gasteiger charge is -2.33. The van der Waals surface area contributed by atoms with Gasteiger partial charge in [-0.2, -0.15) is 0 Å². The molecule has 0 radical (unpaired) electrons. The quantitative estimate of drug-likeness (QED) is 0.604. The van der Waals surface area contributed by atoms with Crippen LogP contribution in [0.4, 0.5) is 0 Å². The lowest BCUT2D eigenvalue weighted by Crippen LogP contribution is -2.41. The zero-order chi connectivity index (χ0) is 20.5. The molecule has 1 aliphatic heterocycles. The number of aliphatic hydroxyl groups excluding tert-OH is 2. The highest BCUT2D eigenvalue weighted by Crippen LogP contribution is 2.41. The van der Waals surface area contributed by atoms with E-state index in [4.69, 9.17) is 21.1 Å². The van der Waals surface area contributed by atoms with Crippen LogP contribution in [0.25, 0.3) is 0 Å². The molecule has 1 aromatic rings. The van der Waals surface area contributed by atoms with Crippen LogP contribution in [0.15, 0.2) is 35.9 Å². The van der Waals surface area contributed by atoms with Crippen LogP contribution in [-0.2, 0) is 29.9 Å². The average Bonchev–Trinajstić information content (AvgIpc) is 3.00. The molecule has 10 heteroatoms. The summed E-state index contributed by atoms with van der Waals surface area (Å²) in [6.07, 6.45) is -0.476. The number of rotatable bonds is 6. The zero-order valence-corrected chi connectivity index (χ0v) is 16.4. The summed E-state index contributed by atoms with van der Waals surface area (Å²) in [6, 6.07) is 6.48. The molecule has 1 aromatic carbocycles. The van der Waals surface area contributed by atoms with Crippen molar-refractivity contribution in [1.29, 1.82) is 0 Å². The van der Waals surface area contributed by atoms with E-state index in [-0.39, 0.29) is 18.4 Å². The minimum absolute atomic E-state index is 0.0405. The molecule has 0 unspecified atom stereocenters. The number of benzene rings is 1. The molecule has 3 N–H and O–H groups in total. The van der Waals surface area contributed by atoms with Crippen molar-refractivity contribution >= 4 is 27.4 Å². The average molecular weight is 433 g/mol. The minimum Gasteiger partial charge on any atom is -0.478 e. The van der Waals surface area contributed by atoms with E-state index >= 15 is 0 Å². The fourth-order valence-corrected chi connectivity index (χ4v) is 5.78. The molecule has 1 heterocycles. The lowest BCUT2D eigenvalue weighted by molar-refractivity contribution is -0.153. The maximum absolute atomic E-state index is 12.9. The Morgan fingerprint density at radius 1 is 1.18 bits per heavy atom. The van der Waals surface area contributed by atoms with Gasteiger partial charge in [-0.25, -0.2) is 13.2 Å². The molecule has 0 bridgehead atoms. The molecule has 154 valence electrons. The van der Waals surface area contributed by atoms with Gasteiger partial charge in [-0.05, 0) is 24.1 Å². The second-order valence-electron chi connectivity index (χ2n) is 6.82. The van der Waals surface area contributed by atoms with Crippen LogP contribution in [0, 0.1) is 0 Å². The molecule has 1 aliphatic carbocycles. The second kappa shape index (κ2) is 8.10. The van der Waals surface area contributed by atoms with Gasteiger partial charge in [0.1, 0.15) is 12.2 Å². The minimum atomic E-state index is -3.88. The van der Waals surface area contributed by atoms with E-state index in [2.05, 4.69) is 0 Å². The number of carbonyl (C=O) groups is 1. The summed E-state index contributed by atoms with van der Waals surface area (Å²) < 4.78 is 37.2. The molecule has 3 atom stereocenters. The maximum Gasteiger partial charge on any atom is 0.332 e. The van der Waals surface area contributed by atoms with Crippen molar-refractivity contribution in [1.82, 2.24) is 0 Å². The predicted molar refractivity (Wildman–Crippen MR) is 99.5 cm³/mol. The summed E-state index contributed by atoms with van der Waals surface area (Å²) in [5.74, 6) is -3.27. The first kappa shape index (κ1) is 21.2. The number of sulfone groups is 1. The van der Waals surface area contributed by atoms with Gasteiger partial charge in [0.15, 0.2) is 15.6 Å². The third kappa shape index (κ3) is 4.10. The molecule has 0 saturated carbocycles. The number of carboxylic acid groups (broad SMARTS) is 1. The van der Waals surface area contributed by atoms with Gasteiger partial charge >= 0.3 is 5.97 Å². The molecule has 28 heavy (non-hydrogen) atoms. The number of halogens is 1. The van der Waals surface area contributed by atoms with Gasteiger partial charge in [0.2, 0.25) is 0 Å². The molecule has 1 spiro atoms. The van der Waals surface area contributed by atoms with E-state index < -0.39 is 58.0 Å². The first-order valence-corrected chi connectivity index (χ1v) is 10.8. The SMILES string of the molecule is O=C(O)C1=CC2(CC[C@H]1S(=O)(=O)Cc1ccccc1Cl)O[C@H](CO)[C@@H](CO)O2. The molecular weight excluding hydrogens is 412 g/mol. The fourth-order valence-electron chi connectivity index (χ4n) is 3.58. The van der Waals surface area contributed by atoms with Crippen LogP contribution < -0.4 is 0 Å². The highest BCUT2D eigenvalue weighted by molar-refractivity contribution is 7.91. The monoisotopic (exact) mass is 432 g/mol. The number of ether oxygens (including phenoxy) is 2. The molecule has 0 amide bonds. The molecule has 0 aromatic heterocycles. The molecule has 8 nitrogen and oxygen atoms in total. The summed E-state index contributed by atoms with van der Waals surface area (Å²) in [4.78, 5) is 11.8. The summed E-state index contributed by atoms with van der Waals surface area (Å²) in [7, 11) is -3.88. The Kier molecular flexibility index (Phi) is 6.14. The Morgan fingerprint density at radius 2 is 1.79 bits per heavy atom. The highest BCUT2D eigenvalue weighted by Gasteiger charge is 2.51. The maximum atomic E-state index is 12.9. The predicted octanol–water partition coefficient (Wildman–Crippen LogP) is 0.893. The van der Waals surface area contributed by atoms with Gasteiger partial charge in [-0.1, -0.05) is 29.8 Å². The molecular formula is C18H21ClO8S. The number of aliphatic carboxylic acids is 1. The van der Waals surface area contributed by atoms with Gasteiger partial charge < -0.3 is 24.8 Å². The first-order valence-electron chi connectivity index (χ1n) is 8.70. The topological polar surface area (TPSA) is 130 Å². The van der Waals surface area contributed by atoms with Crippen LogP contribution in [0.3, 0.4) is 0 Å². The highest BCUT2D eigenvalue weighted by atomic mass is 35.5. The third-order valence-corrected chi connectivity index (χ3v) is 7.39. The molecule has 1 saturated heterocycles. The molecule has 3 rings (SSSR count). The van der Waals surface area contributed by atoms with Crippen LogP contribution in [0.2, 0.25) is 5.02 Å². The Labute approximate surface area is 167 Å². The van der Waals surface area contributed by atoms with Crippen molar-refractivity contribution in [3.05, 3.63) is 46.5 Å². The van der Waals surface area contributed by atoms with Crippen molar-refractivity contribution in [3.63, 3.8) is 0 Å². The first-order chi connectivity index (χ1) is 13.2. The van der Waals surface area contributed by atoms with E-state index in [0.717, 1.165) is 6.08 Å².